The Morgan fingerprint density at radius 2 is 1.70 bits per heavy atom. The van der Waals surface area contributed by atoms with Gasteiger partial charge in [-0.2, -0.15) is 0 Å². The van der Waals surface area contributed by atoms with Gasteiger partial charge in [0.05, 0.1) is 13.7 Å². The van der Waals surface area contributed by atoms with Crippen LogP contribution < -0.4 is 19.5 Å². The van der Waals surface area contributed by atoms with Gasteiger partial charge in [0.15, 0.2) is 18.1 Å². The van der Waals surface area contributed by atoms with Crippen LogP contribution in [0.4, 0.5) is 0 Å². The van der Waals surface area contributed by atoms with Crippen LogP contribution in [0.3, 0.4) is 0 Å². The summed E-state index contributed by atoms with van der Waals surface area (Å²) in [6, 6.07) is 15.0. The van der Waals surface area contributed by atoms with Crippen molar-refractivity contribution < 1.29 is 19.0 Å². The molecule has 0 aliphatic rings. The largest absolute Gasteiger partial charge is 0.493 e. The van der Waals surface area contributed by atoms with E-state index in [0.29, 0.717) is 24.7 Å². The number of ether oxygens (including phenoxy) is 3. The molecule has 0 fully saturated rings. The van der Waals surface area contributed by atoms with E-state index in [-0.39, 0.29) is 12.5 Å². The maximum Gasteiger partial charge on any atom is 0.258 e. The van der Waals surface area contributed by atoms with Crippen LogP contribution in [0.25, 0.3) is 0 Å². The molecule has 2 aromatic rings. The third-order valence-corrected chi connectivity index (χ3v) is 3.14. The third kappa shape index (κ3) is 5.54. The second kappa shape index (κ2) is 8.68. The minimum Gasteiger partial charge on any atom is -0.493 e. The van der Waals surface area contributed by atoms with Crippen molar-refractivity contribution in [2.75, 3.05) is 26.9 Å². The van der Waals surface area contributed by atoms with Gasteiger partial charge in [-0.3, -0.25) is 4.79 Å². The summed E-state index contributed by atoms with van der Waals surface area (Å²) in [5.41, 5.74) is 1.18. The lowest BCUT2D eigenvalue weighted by molar-refractivity contribution is -0.123. The first-order chi connectivity index (χ1) is 11.2. The second-order valence-corrected chi connectivity index (χ2v) is 4.95. The fraction of sp³-hybridized carbons (Fsp3) is 0.278. The van der Waals surface area contributed by atoms with Crippen LogP contribution in [-0.4, -0.2) is 32.8 Å². The Morgan fingerprint density at radius 1 is 1.00 bits per heavy atom. The number of hydrogen-bond donors (Lipinski definition) is 1. The van der Waals surface area contributed by atoms with Crippen LogP contribution in [0, 0.1) is 6.92 Å². The Bertz CT molecular complexity index is 625. The van der Waals surface area contributed by atoms with Gasteiger partial charge in [-0.05, 0) is 31.2 Å². The maximum atomic E-state index is 11.7. The lowest BCUT2D eigenvalue weighted by atomic mass is 10.2. The SMILES string of the molecule is COc1ccccc1OCC(=O)NCCOc1ccc(C)cc1. The fourth-order valence-corrected chi connectivity index (χ4v) is 1.93. The number of benzene rings is 2. The molecular weight excluding hydrogens is 294 g/mol. The molecule has 0 aliphatic heterocycles. The zero-order valence-corrected chi connectivity index (χ0v) is 13.4. The number of nitrogens with one attached hydrogen (secondary N) is 1. The fourth-order valence-electron chi connectivity index (χ4n) is 1.93. The van der Waals surface area contributed by atoms with Crippen LogP contribution in [0.5, 0.6) is 17.2 Å². The van der Waals surface area contributed by atoms with Crippen molar-refractivity contribution in [1.29, 1.82) is 0 Å². The third-order valence-electron chi connectivity index (χ3n) is 3.14. The molecule has 0 aliphatic carbocycles. The zero-order valence-electron chi connectivity index (χ0n) is 13.4. The van der Waals surface area contributed by atoms with Crippen molar-refractivity contribution in [2.24, 2.45) is 0 Å². The van der Waals surface area contributed by atoms with E-state index in [0.717, 1.165) is 5.75 Å². The molecule has 2 rings (SSSR count). The summed E-state index contributed by atoms with van der Waals surface area (Å²) in [5, 5.41) is 2.74. The highest BCUT2D eigenvalue weighted by atomic mass is 16.5. The quantitative estimate of drug-likeness (QED) is 0.761. The van der Waals surface area contributed by atoms with E-state index in [4.69, 9.17) is 14.2 Å². The molecule has 0 bridgehead atoms. The van der Waals surface area contributed by atoms with Crippen LogP contribution >= 0.6 is 0 Å². The molecule has 0 radical (unpaired) electrons. The summed E-state index contributed by atoms with van der Waals surface area (Å²) in [5.74, 6) is 1.72. The Hall–Kier alpha value is -2.69. The average Bonchev–Trinajstić information content (AvgIpc) is 2.58. The van der Waals surface area contributed by atoms with Gasteiger partial charge in [-0.1, -0.05) is 29.8 Å². The molecule has 5 heteroatoms. The molecule has 1 N–H and O–H groups in total. The normalized spacial score (nSPS) is 10.0. The van der Waals surface area contributed by atoms with E-state index in [2.05, 4.69) is 5.32 Å². The Kier molecular flexibility index (Phi) is 6.29. The molecule has 0 spiro atoms. The molecule has 1 amide bonds. The van der Waals surface area contributed by atoms with Gasteiger partial charge in [0.25, 0.3) is 5.91 Å². The first kappa shape index (κ1) is 16.7. The monoisotopic (exact) mass is 315 g/mol. The van der Waals surface area contributed by atoms with Crippen molar-refractivity contribution in [3.8, 4) is 17.2 Å². The molecule has 0 saturated heterocycles. The lowest BCUT2D eigenvalue weighted by Crippen LogP contribution is -2.32. The minimum absolute atomic E-state index is 0.0646. The molecular formula is C18H21NO4. The number of methoxy groups -OCH3 is 1. The van der Waals surface area contributed by atoms with Crippen LogP contribution in [0.2, 0.25) is 0 Å². The number of carbonyl (C=O) groups excluding carboxylic acids is 1. The summed E-state index contributed by atoms with van der Waals surface area (Å²) in [6.45, 7) is 2.78. The summed E-state index contributed by atoms with van der Waals surface area (Å²) < 4.78 is 16.1. The number of rotatable bonds is 8. The molecule has 2 aromatic carbocycles. The summed E-state index contributed by atoms with van der Waals surface area (Å²) in [6.07, 6.45) is 0. The maximum absolute atomic E-state index is 11.7. The van der Waals surface area contributed by atoms with Gasteiger partial charge < -0.3 is 19.5 Å². The zero-order chi connectivity index (χ0) is 16.5. The van der Waals surface area contributed by atoms with E-state index in [1.165, 1.54) is 5.56 Å². The molecule has 0 saturated carbocycles. The Labute approximate surface area is 136 Å². The number of para-hydroxylation sites is 2. The van der Waals surface area contributed by atoms with Gasteiger partial charge in [0.1, 0.15) is 12.4 Å². The van der Waals surface area contributed by atoms with E-state index in [9.17, 15) is 4.79 Å². The predicted octanol–water partition coefficient (Wildman–Crippen LogP) is 2.58. The molecule has 0 heterocycles. The average molecular weight is 315 g/mol. The molecule has 122 valence electrons. The van der Waals surface area contributed by atoms with E-state index < -0.39 is 0 Å². The number of amides is 1. The first-order valence-corrected chi connectivity index (χ1v) is 7.41. The molecule has 0 unspecified atom stereocenters. The van der Waals surface area contributed by atoms with Crippen molar-refractivity contribution >= 4 is 5.91 Å². The van der Waals surface area contributed by atoms with E-state index in [1.807, 2.05) is 43.3 Å². The standard InChI is InChI=1S/C18H21NO4/c1-14-7-9-15(10-8-14)22-12-11-19-18(20)13-23-17-6-4-3-5-16(17)21-2/h3-10H,11-13H2,1-2H3,(H,19,20). The predicted molar refractivity (Wildman–Crippen MR) is 88.2 cm³/mol. The van der Waals surface area contributed by atoms with E-state index in [1.54, 1.807) is 19.2 Å². The van der Waals surface area contributed by atoms with Crippen molar-refractivity contribution in [2.45, 2.75) is 6.92 Å². The van der Waals surface area contributed by atoms with Gasteiger partial charge in [-0.15, -0.1) is 0 Å². The summed E-state index contributed by atoms with van der Waals surface area (Å²) in [7, 11) is 1.56. The van der Waals surface area contributed by atoms with Crippen LogP contribution in [-0.2, 0) is 4.79 Å². The first-order valence-electron chi connectivity index (χ1n) is 7.41. The minimum atomic E-state index is -0.205. The van der Waals surface area contributed by atoms with Crippen LogP contribution in [0.15, 0.2) is 48.5 Å². The Morgan fingerprint density at radius 3 is 2.39 bits per heavy atom. The summed E-state index contributed by atoms with van der Waals surface area (Å²) in [4.78, 5) is 11.7. The number of aryl methyl sites for hydroxylation is 1. The van der Waals surface area contributed by atoms with Crippen LogP contribution in [0.1, 0.15) is 5.56 Å². The van der Waals surface area contributed by atoms with Crippen molar-refractivity contribution in [3.05, 3.63) is 54.1 Å². The lowest BCUT2D eigenvalue weighted by Gasteiger charge is -2.11. The highest BCUT2D eigenvalue weighted by Gasteiger charge is 2.06. The summed E-state index contributed by atoms with van der Waals surface area (Å²) >= 11 is 0. The van der Waals surface area contributed by atoms with Gasteiger partial charge in [0, 0.05) is 0 Å². The molecule has 23 heavy (non-hydrogen) atoms. The smallest absolute Gasteiger partial charge is 0.258 e. The highest BCUT2D eigenvalue weighted by Crippen LogP contribution is 2.25. The molecule has 0 aromatic heterocycles. The van der Waals surface area contributed by atoms with Gasteiger partial charge in [0.2, 0.25) is 0 Å². The van der Waals surface area contributed by atoms with Gasteiger partial charge in [-0.25, -0.2) is 0 Å². The Balaban J connectivity index is 1.66. The number of carbonyl (C=O) groups is 1. The topological polar surface area (TPSA) is 56.8 Å². The van der Waals surface area contributed by atoms with Crippen molar-refractivity contribution in [3.63, 3.8) is 0 Å². The molecule has 0 atom stereocenters. The number of hydrogen-bond acceptors (Lipinski definition) is 4. The second-order valence-electron chi connectivity index (χ2n) is 4.95. The van der Waals surface area contributed by atoms with Crippen molar-refractivity contribution in [1.82, 2.24) is 5.32 Å². The highest BCUT2D eigenvalue weighted by molar-refractivity contribution is 5.77. The molecule has 5 nitrogen and oxygen atoms in total. The van der Waals surface area contributed by atoms with E-state index >= 15 is 0 Å². The van der Waals surface area contributed by atoms with Gasteiger partial charge >= 0.3 is 0 Å².